The number of likely N-dealkylation sites (N-methyl/N-ethyl adjacent to an activating group) is 1. The maximum absolute atomic E-state index is 13.8. The number of nitrogens with zero attached hydrogens (tertiary/aromatic N) is 2. The predicted molar refractivity (Wildman–Crippen MR) is 97.4 cm³/mol. The summed E-state index contributed by atoms with van der Waals surface area (Å²) in [5.74, 6) is 0.0710. The van der Waals surface area contributed by atoms with Gasteiger partial charge in [0.2, 0.25) is 0 Å². The molecule has 7 heteroatoms. The Balaban J connectivity index is 1.49. The van der Waals surface area contributed by atoms with Crippen LogP contribution >= 0.6 is 0 Å². The topological polar surface area (TPSA) is 70.2 Å². The van der Waals surface area contributed by atoms with Crippen molar-refractivity contribution in [3.05, 3.63) is 48.3 Å². The molecule has 0 radical (unpaired) electrons. The Kier molecular flexibility index (Phi) is 4.40. The Morgan fingerprint density at radius 2 is 2.12 bits per heavy atom. The number of fused-ring (bicyclic) bond motifs is 1. The molecule has 26 heavy (non-hydrogen) atoms. The molecule has 2 aromatic carbocycles. The van der Waals surface area contributed by atoms with Gasteiger partial charge in [0.15, 0.2) is 5.82 Å². The van der Waals surface area contributed by atoms with Crippen molar-refractivity contribution < 1.29 is 13.9 Å². The molecule has 1 saturated heterocycles. The second-order valence-corrected chi connectivity index (χ2v) is 6.41. The van der Waals surface area contributed by atoms with Crippen LogP contribution in [0.2, 0.25) is 0 Å². The van der Waals surface area contributed by atoms with Crippen LogP contribution in [0.4, 0.5) is 10.1 Å². The number of morpholine rings is 1. The summed E-state index contributed by atoms with van der Waals surface area (Å²) in [6.45, 7) is 1.96. The van der Waals surface area contributed by atoms with Gasteiger partial charge in [0.1, 0.15) is 17.4 Å². The van der Waals surface area contributed by atoms with Gasteiger partial charge >= 0.3 is 0 Å². The molecule has 1 unspecified atom stereocenters. The molecule has 2 N–H and O–H groups in total. The molecule has 1 aliphatic rings. The summed E-state index contributed by atoms with van der Waals surface area (Å²) in [7, 11) is 1.97. The number of ether oxygens (including phenoxy) is 1. The van der Waals surface area contributed by atoms with Crippen molar-refractivity contribution in [1.82, 2.24) is 14.9 Å². The fourth-order valence-corrected chi connectivity index (χ4v) is 3.00. The molecule has 1 fully saturated rings. The molecule has 1 aromatic heterocycles. The highest BCUT2D eigenvalue weighted by atomic mass is 19.1. The first kappa shape index (κ1) is 16.7. The molecule has 0 saturated carbocycles. The first-order valence-corrected chi connectivity index (χ1v) is 8.46. The van der Waals surface area contributed by atoms with E-state index in [2.05, 4.69) is 20.2 Å². The summed E-state index contributed by atoms with van der Waals surface area (Å²) in [6, 6.07) is 12.1. The molecule has 1 atom stereocenters. The number of halogens is 1. The van der Waals surface area contributed by atoms with E-state index in [1.54, 1.807) is 24.3 Å². The van der Waals surface area contributed by atoms with E-state index in [1.165, 1.54) is 6.07 Å². The molecule has 0 bridgehead atoms. The number of anilines is 1. The fraction of sp³-hybridized carbons (Fsp3) is 0.263. The number of aromatic amines is 1. The van der Waals surface area contributed by atoms with Crippen LogP contribution in [0.1, 0.15) is 0 Å². The summed E-state index contributed by atoms with van der Waals surface area (Å²) < 4.78 is 19.3. The molecule has 3 aromatic rings. The van der Waals surface area contributed by atoms with Crippen LogP contribution in [0.25, 0.3) is 22.4 Å². The van der Waals surface area contributed by atoms with Crippen molar-refractivity contribution in [3.63, 3.8) is 0 Å². The maximum atomic E-state index is 13.8. The van der Waals surface area contributed by atoms with Gasteiger partial charge in [-0.3, -0.25) is 4.79 Å². The molecule has 6 nitrogen and oxygen atoms in total. The van der Waals surface area contributed by atoms with Gasteiger partial charge in [-0.1, -0.05) is 6.07 Å². The number of rotatable bonds is 3. The molecule has 0 aliphatic carbocycles. The maximum Gasteiger partial charge on any atom is 0.254 e. The van der Waals surface area contributed by atoms with E-state index < -0.39 is 6.10 Å². The van der Waals surface area contributed by atoms with Crippen LogP contribution in [0.3, 0.4) is 0 Å². The van der Waals surface area contributed by atoms with E-state index in [0.717, 1.165) is 12.1 Å². The van der Waals surface area contributed by atoms with Gasteiger partial charge in [-0.15, -0.1) is 0 Å². The summed E-state index contributed by atoms with van der Waals surface area (Å²) in [5, 5.41) is 2.87. The number of carbonyl (C=O) groups is 1. The average molecular weight is 354 g/mol. The third-order valence-corrected chi connectivity index (χ3v) is 4.45. The van der Waals surface area contributed by atoms with Crippen molar-refractivity contribution in [2.45, 2.75) is 6.10 Å². The van der Waals surface area contributed by atoms with E-state index in [-0.39, 0.29) is 11.7 Å². The third kappa shape index (κ3) is 3.31. The zero-order chi connectivity index (χ0) is 18.1. The Morgan fingerprint density at radius 1 is 1.31 bits per heavy atom. The van der Waals surface area contributed by atoms with Crippen molar-refractivity contribution in [2.24, 2.45) is 0 Å². The largest absolute Gasteiger partial charge is 0.366 e. The predicted octanol–water partition coefficient (Wildman–Crippen LogP) is 2.64. The standard InChI is InChI=1S/C19H19FN4O2/c1-24-9-10-26-16(11-24)19(25)21-13-7-5-12(6-8-13)18-22-15-4-2-3-14(20)17(15)23-18/h2-8,16H,9-11H2,1H3,(H,21,25)(H,22,23). The van der Waals surface area contributed by atoms with Gasteiger partial charge in [0, 0.05) is 24.3 Å². The minimum Gasteiger partial charge on any atom is -0.366 e. The SMILES string of the molecule is CN1CCOC(C(=O)Nc2ccc(-c3nc4c(F)cccc4[nH]3)cc2)C1. The van der Waals surface area contributed by atoms with Crippen molar-refractivity contribution >= 4 is 22.6 Å². The van der Waals surface area contributed by atoms with Crippen molar-refractivity contribution in [3.8, 4) is 11.4 Å². The van der Waals surface area contributed by atoms with Crippen molar-refractivity contribution in [2.75, 3.05) is 32.1 Å². The first-order chi connectivity index (χ1) is 12.6. The zero-order valence-corrected chi connectivity index (χ0v) is 14.3. The van der Waals surface area contributed by atoms with Crippen LogP contribution in [-0.2, 0) is 9.53 Å². The Morgan fingerprint density at radius 3 is 2.85 bits per heavy atom. The number of para-hydroxylation sites is 1. The van der Waals surface area contributed by atoms with Crippen LogP contribution in [0.5, 0.6) is 0 Å². The smallest absolute Gasteiger partial charge is 0.254 e. The van der Waals surface area contributed by atoms with Crippen molar-refractivity contribution in [1.29, 1.82) is 0 Å². The monoisotopic (exact) mass is 354 g/mol. The van der Waals surface area contributed by atoms with Crippen LogP contribution in [0.15, 0.2) is 42.5 Å². The Bertz CT molecular complexity index is 938. The van der Waals surface area contributed by atoms with Gasteiger partial charge < -0.3 is 19.9 Å². The number of H-pyrrole nitrogens is 1. The number of nitrogens with one attached hydrogen (secondary N) is 2. The van der Waals surface area contributed by atoms with E-state index in [4.69, 9.17) is 4.74 Å². The number of aromatic nitrogens is 2. The number of benzene rings is 2. The molecule has 2 heterocycles. The van der Waals surface area contributed by atoms with E-state index >= 15 is 0 Å². The zero-order valence-electron chi connectivity index (χ0n) is 14.3. The van der Waals surface area contributed by atoms with Gasteiger partial charge in [-0.05, 0) is 43.4 Å². The number of amides is 1. The molecule has 0 spiro atoms. The molecule has 134 valence electrons. The number of imidazole rings is 1. The summed E-state index contributed by atoms with van der Waals surface area (Å²) in [4.78, 5) is 21.8. The second kappa shape index (κ2) is 6.86. The molecule has 1 aliphatic heterocycles. The molecule has 1 amide bonds. The summed E-state index contributed by atoms with van der Waals surface area (Å²) >= 11 is 0. The Hall–Kier alpha value is -2.77. The van der Waals surface area contributed by atoms with E-state index in [9.17, 15) is 9.18 Å². The second-order valence-electron chi connectivity index (χ2n) is 6.41. The first-order valence-electron chi connectivity index (χ1n) is 8.46. The minimum absolute atomic E-state index is 0.157. The highest BCUT2D eigenvalue weighted by molar-refractivity contribution is 5.94. The summed E-state index contributed by atoms with van der Waals surface area (Å²) in [5.41, 5.74) is 2.46. The highest BCUT2D eigenvalue weighted by Crippen LogP contribution is 2.23. The molecule has 4 rings (SSSR count). The van der Waals surface area contributed by atoms with Gasteiger partial charge in [0.25, 0.3) is 5.91 Å². The van der Waals surface area contributed by atoms with Crippen LogP contribution in [-0.4, -0.2) is 53.6 Å². The summed E-state index contributed by atoms with van der Waals surface area (Å²) in [6.07, 6.45) is -0.466. The van der Waals surface area contributed by atoms with Crippen LogP contribution in [0, 0.1) is 5.82 Å². The van der Waals surface area contributed by atoms with Gasteiger partial charge in [-0.2, -0.15) is 0 Å². The molecular weight excluding hydrogens is 335 g/mol. The lowest BCUT2D eigenvalue weighted by molar-refractivity contribution is -0.132. The van der Waals surface area contributed by atoms with Gasteiger partial charge in [-0.25, -0.2) is 9.37 Å². The lowest BCUT2D eigenvalue weighted by atomic mass is 10.2. The number of carbonyl (C=O) groups excluding carboxylic acids is 1. The fourth-order valence-electron chi connectivity index (χ4n) is 3.00. The number of hydrogen-bond acceptors (Lipinski definition) is 4. The van der Waals surface area contributed by atoms with E-state index in [1.807, 2.05) is 19.2 Å². The Labute approximate surface area is 150 Å². The van der Waals surface area contributed by atoms with E-state index in [0.29, 0.717) is 35.7 Å². The molecular formula is C19H19FN4O2. The minimum atomic E-state index is -0.466. The third-order valence-electron chi connectivity index (χ3n) is 4.45. The number of hydrogen-bond donors (Lipinski definition) is 2. The lowest BCUT2D eigenvalue weighted by Gasteiger charge is -2.29. The van der Waals surface area contributed by atoms with Crippen LogP contribution < -0.4 is 5.32 Å². The normalized spacial score (nSPS) is 18.2. The van der Waals surface area contributed by atoms with Gasteiger partial charge in [0.05, 0.1) is 12.1 Å². The average Bonchev–Trinajstić information content (AvgIpc) is 3.08. The quantitative estimate of drug-likeness (QED) is 0.759. The lowest BCUT2D eigenvalue weighted by Crippen LogP contribution is -2.46. The highest BCUT2D eigenvalue weighted by Gasteiger charge is 2.24.